The minimum absolute atomic E-state index is 0.107. The lowest BCUT2D eigenvalue weighted by Crippen LogP contribution is -2.74. The Morgan fingerprint density at radius 1 is 0.448 bits per heavy atom. The molecule has 0 aromatic heterocycles. The number of fused-ring (bicyclic) bond motifs is 1. The Bertz CT molecular complexity index is 2200. The molecule has 0 spiro atoms. The average molecular weight is 771 g/mol. The molecule has 5 aromatic carbocycles. The molecule has 5 aromatic rings. The summed E-state index contributed by atoms with van der Waals surface area (Å²) in [5.74, 6) is 0. The molecule has 0 radical (unpaired) electrons. The lowest BCUT2D eigenvalue weighted by atomic mass is 9.63. The van der Waals surface area contributed by atoms with E-state index in [1.165, 1.54) is 5.70 Å². The van der Waals surface area contributed by atoms with E-state index >= 15 is 0 Å². The van der Waals surface area contributed by atoms with Crippen LogP contribution in [0, 0.1) is 10.8 Å². The molecule has 3 aliphatic rings. The molecule has 6 nitrogen and oxygen atoms in total. The van der Waals surface area contributed by atoms with Crippen LogP contribution in [-0.4, -0.2) is 52.2 Å². The number of anilines is 2. The topological polar surface area (TPSA) is 53.4 Å². The quantitative estimate of drug-likeness (QED) is 0.148. The summed E-state index contributed by atoms with van der Waals surface area (Å²) in [5, 5.41) is 23.9. The summed E-state index contributed by atoms with van der Waals surface area (Å²) in [7, 11) is 0. The molecule has 8 rings (SSSR count). The Labute approximate surface area is 345 Å². The first kappa shape index (κ1) is 39.3. The van der Waals surface area contributed by atoms with E-state index in [0.717, 1.165) is 39.3 Å². The van der Waals surface area contributed by atoms with Crippen molar-refractivity contribution < 1.29 is 10.2 Å². The minimum atomic E-state index is -0.880. The van der Waals surface area contributed by atoms with Gasteiger partial charge in [-0.2, -0.15) is 0 Å². The van der Waals surface area contributed by atoms with E-state index in [-0.39, 0.29) is 24.0 Å². The number of para-hydroxylation sites is 2. The van der Waals surface area contributed by atoms with Gasteiger partial charge < -0.3 is 29.8 Å². The van der Waals surface area contributed by atoms with Crippen LogP contribution in [0.5, 0.6) is 0 Å². The summed E-state index contributed by atoms with van der Waals surface area (Å²) >= 11 is 0. The van der Waals surface area contributed by atoms with Gasteiger partial charge in [0.15, 0.2) is 0 Å². The number of hydrogen-bond donors (Lipinski definition) is 2. The van der Waals surface area contributed by atoms with Crippen molar-refractivity contribution in [2.45, 2.75) is 64.7 Å². The van der Waals surface area contributed by atoms with Gasteiger partial charge in [-0.05, 0) is 40.5 Å². The number of aliphatic hydroxyl groups is 2. The van der Waals surface area contributed by atoms with Crippen molar-refractivity contribution in [2.75, 3.05) is 36.4 Å². The number of hydrogen-bond acceptors (Lipinski definition) is 6. The van der Waals surface area contributed by atoms with E-state index in [2.05, 4.69) is 207 Å². The highest BCUT2D eigenvalue weighted by Gasteiger charge is 2.64. The van der Waals surface area contributed by atoms with Crippen molar-refractivity contribution >= 4 is 11.4 Å². The minimum Gasteiger partial charge on any atom is -0.393 e. The van der Waals surface area contributed by atoms with E-state index in [1.54, 1.807) is 0 Å². The summed E-state index contributed by atoms with van der Waals surface area (Å²) in [6, 6.07) is 50.8. The van der Waals surface area contributed by atoms with Gasteiger partial charge in [-0.1, -0.05) is 193 Å². The number of benzene rings is 5. The van der Waals surface area contributed by atoms with Crippen molar-refractivity contribution in [2.24, 2.45) is 10.8 Å². The fourth-order valence-corrected chi connectivity index (χ4v) is 11.1. The second-order valence-electron chi connectivity index (χ2n) is 18.0. The summed E-state index contributed by atoms with van der Waals surface area (Å²) in [4.78, 5) is 10.2. The normalized spacial score (nSPS) is 16.2. The van der Waals surface area contributed by atoms with Crippen molar-refractivity contribution in [1.82, 2.24) is 9.80 Å². The zero-order chi connectivity index (χ0) is 40.8. The Morgan fingerprint density at radius 2 is 0.828 bits per heavy atom. The standard InChI is InChI=1S/C52H58N4O2/c1-48(2,3)52(49(4,5)6,56-39-54(45-34-22-23-35-47(45)56)51(37-58,42-28-16-9-17-29-42)43-30-18-10-19-31-43)55-38-53(44-32-20-11-21-33-46(44)55)50(36-57,40-24-12-7-13-25-40)41-26-14-8-15-27-41/h7-31,33-35,57-58H,32,36-39H2,1-6H3. The van der Waals surface area contributed by atoms with Crippen molar-refractivity contribution in [3.8, 4) is 0 Å². The third-order valence-electron chi connectivity index (χ3n) is 13.0. The summed E-state index contributed by atoms with van der Waals surface area (Å²) in [5.41, 5.74) is 5.51. The number of aliphatic hydroxyl groups excluding tert-OH is 2. The highest BCUT2D eigenvalue weighted by Crippen LogP contribution is 2.60. The zero-order valence-electron chi connectivity index (χ0n) is 34.9. The van der Waals surface area contributed by atoms with Gasteiger partial charge in [-0.25, -0.2) is 0 Å². The van der Waals surface area contributed by atoms with E-state index in [0.29, 0.717) is 19.8 Å². The van der Waals surface area contributed by atoms with Gasteiger partial charge in [0, 0.05) is 22.9 Å². The van der Waals surface area contributed by atoms with Crippen LogP contribution in [0.2, 0.25) is 0 Å². The van der Waals surface area contributed by atoms with E-state index in [4.69, 9.17) is 0 Å². The Morgan fingerprint density at radius 3 is 1.24 bits per heavy atom. The molecule has 298 valence electrons. The largest absolute Gasteiger partial charge is 0.393 e. The molecule has 0 amide bonds. The molecule has 2 N–H and O–H groups in total. The van der Waals surface area contributed by atoms with Crippen LogP contribution >= 0.6 is 0 Å². The monoisotopic (exact) mass is 770 g/mol. The second kappa shape index (κ2) is 15.0. The third kappa shape index (κ3) is 5.83. The summed E-state index contributed by atoms with van der Waals surface area (Å²) < 4.78 is 0. The maximum absolute atomic E-state index is 12.0. The predicted octanol–water partition coefficient (Wildman–Crippen LogP) is 10.2. The SMILES string of the molecule is CC(C)(C)C(N1CN(C(CO)(c2ccccc2)c2ccccc2)C2=C1C=CC=CC2)(N1CN(C(CO)(c2ccccc2)c2ccccc2)c2ccccc21)C(C)(C)C. The Hall–Kier alpha value is -5.56. The highest BCUT2D eigenvalue weighted by atomic mass is 16.3. The number of nitrogens with zero attached hydrogens (tertiary/aromatic N) is 4. The van der Waals surface area contributed by atoms with Gasteiger partial charge >= 0.3 is 0 Å². The van der Waals surface area contributed by atoms with Gasteiger partial charge in [-0.3, -0.25) is 0 Å². The maximum Gasteiger partial charge on any atom is 0.126 e. The molecule has 1 aliphatic carbocycles. The van der Waals surface area contributed by atoms with Crippen molar-refractivity contribution in [1.29, 1.82) is 0 Å². The van der Waals surface area contributed by atoms with Gasteiger partial charge in [0.2, 0.25) is 0 Å². The summed E-state index contributed by atoms with van der Waals surface area (Å²) in [6.45, 7) is 15.1. The van der Waals surface area contributed by atoms with Crippen LogP contribution < -0.4 is 9.80 Å². The fourth-order valence-electron chi connectivity index (χ4n) is 11.1. The summed E-state index contributed by atoms with van der Waals surface area (Å²) in [6.07, 6.45) is 9.56. The van der Waals surface area contributed by atoms with E-state index in [9.17, 15) is 10.2 Å². The van der Waals surface area contributed by atoms with Crippen LogP contribution in [0.15, 0.2) is 181 Å². The molecule has 2 aliphatic heterocycles. The first-order valence-corrected chi connectivity index (χ1v) is 20.7. The molecule has 0 fully saturated rings. The molecule has 0 unspecified atom stereocenters. The Balaban J connectivity index is 1.39. The lowest BCUT2D eigenvalue weighted by Gasteiger charge is -2.64. The van der Waals surface area contributed by atoms with Gasteiger partial charge in [0.1, 0.15) is 16.7 Å². The van der Waals surface area contributed by atoms with Crippen LogP contribution in [0.3, 0.4) is 0 Å². The zero-order valence-corrected chi connectivity index (χ0v) is 34.9. The van der Waals surface area contributed by atoms with Gasteiger partial charge in [0.25, 0.3) is 0 Å². The Kier molecular flexibility index (Phi) is 10.1. The smallest absolute Gasteiger partial charge is 0.126 e. The molecular formula is C52H58N4O2. The first-order chi connectivity index (χ1) is 28.0. The van der Waals surface area contributed by atoms with Crippen LogP contribution in [0.1, 0.15) is 70.2 Å². The van der Waals surface area contributed by atoms with Gasteiger partial charge in [0.05, 0.1) is 43.6 Å². The molecule has 0 atom stereocenters. The average Bonchev–Trinajstić information content (AvgIpc) is 3.68. The van der Waals surface area contributed by atoms with Gasteiger partial charge in [-0.15, -0.1) is 0 Å². The molecule has 58 heavy (non-hydrogen) atoms. The lowest BCUT2D eigenvalue weighted by molar-refractivity contribution is -0.0844. The fraction of sp³-hybridized carbons (Fsp3) is 0.308. The predicted molar refractivity (Wildman–Crippen MR) is 238 cm³/mol. The van der Waals surface area contributed by atoms with Crippen LogP contribution in [0.4, 0.5) is 11.4 Å². The molecule has 0 saturated carbocycles. The molecule has 0 saturated heterocycles. The number of rotatable bonds is 10. The molecular weight excluding hydrogens is 713 g/mol. The van der Waals surface area contributed by atoms with E-state index in [1.807, 2.05) is 24.3 Å². The molecule has 0 bridgehead atoms. The first-order valence-electron chi connectivity index (χ1n) is 20.7. The van der Waals surface area contributed by atoms with Crippen LogP contribution in [0.25, 0.3) is 0 Å². The van der Waals surface area contributed by atoms with E-state index < -0.39 is 16.7 Å². The van der Waals surface area contributed by atoms with Crippen molar-refractivity contribution in [3.63, 3.8) is 0 Å². The second-order valence-corrected chi connectivity index (χ2v) is 18.0. The molecule has 2 heterocycles. The van der Waals surface area contributed by atoms with Crippen LogP contribution in [-0.2, 0) is 11.1 Å². The van der Waals surface area contributed by atoms with Crippen molar-refractivity contribution in [3.05, 3.63) is 204 Å². The molecule has 6 heteroatoms. The highest BCUT2D eigenvalue weighted by molar-refractivity contribution is 5.80. The number of allylic oxidation sites excluding steroid dienone is 4. The third-order valence-corrected chi connectivity index (χ3v) is 13.0. The maximum atomic E-state index is 12.0.